The van der Waals surface area contributed by atoms with Crippen molar-refractivity contribution in [2.24, 2.45) is 0 Å². The van der Waals surface area contributed by atoms with Crippen molar-refractivity contribution in [1.29, 1.82) is 0 Å². The van der Waals surface area contributed by atoms with Crippen LogP contribution in [0.3, 0.4) is 0 Å². The van der Waals surface area contributed by atoms with Crippen LogP contribution in [0.25, 0.3) is 22.3 Å². The van der Waals surface area contributed by atoms with Gasteiger partial charge in [0.15, 0.2) is 0 Å². The molecule has 1 saturated carbocycles. The summed E-state index contributed by atoms with van der Waals surface area (Å²) >= 11 is 0. The zero-order chi connectivity index (χ0) is 29.3. The van der Waals surface area contributed by atoms with Crippen molar-refractivity contribution < 1.29 is 36.9 Å². The Balaban J connectivity index is 1.59. The molecule has 0 unspecified atom stereocenters. The van der Waals surface area contributed by atoms with Gasteiger partial charge >= 0.3 is 0 Å². The number of furan rings is 1. The normalized spacial score (nSPS) is 13.2. The van der Waals surface area contributed by atoms with Gasteiger partial charge in [0.25, 0.3) is 5.91 Å². The minimum Gasteiger partial charge on any atom is -0.457 e. The summed E-state index contributed by atoms with van der Waals surface area (Å²) in [4.78, 5) is 17.3. The number of nitrogens with zero attached hydrogens (tertiary/aromatic N) is 1. The summed E-state index contributed by atoms with van der Waals surface area (Å²) in [6.07, 6.45) is 2.96. The van der Waals surface area contributed by atoms with Crippen LogP contribution in [0, 0.1) is 5.82 Å². The molecule has 1 aliphatic rings. The van der Waals surface area contributed by atoms with Gasteiger partial charge in [0, 0.05) is 37.0 Å². The SMILES string of the molecule is C=C(CCN(c1cc2oc(-c3ccc(Oc4ccc(F)cc4)cc3)c(C(=O)NC)c2cc1C1CC1)S(C)(=O)=O)OO. The van der Waals surface area contributed by atoms with Crippen molar-refractivity contribution in [3.05, 3.63) is 89.9 Å². The molecule has 0 bridgehead atoms. The largest absolute Gasteiger partial charge is 0.457 e. The first kappa shape index (κ1) is 28.2. The van der Waals surface area contributed by atoms with Crippen molar-refractivity contribution in [2.45, 2.75) is 25.2 Å². The van der Waals surface area contributed by atoms with Crippen LogP contribution >= 0.6 is 0 Å². The van der Waals surface area contributed by atoms with E-state index in [1.807, 2.05) is 6.07 Å². The van der Waals surface area contributed by atoms with Gasteiger partial charge in [-0.2, -0.15) is 0 Å². The average Bonchev–Trinajstić information content (AvgIpc) is 3.73. The molecule has 0 saturated heterocycles. The molecule has 0 atom stereocenters. The molecular weight excluding hydrogens is 551 g/mol. The molecule has 5 rings (SSSR count). The number of sulfonamides is 1. The first-order chi connectivity index (χ1) is 19.6. The maximum absolute atomic E-state index is 13.2. The molecule has 1 aromatic heterocycles. The van der Waals surface area contributed by atoms with E-state index in [9.17, 15) is 17.6 Å². The topological polar surface area (TPSA) is 118 Å². The number of ether oxygens (including phenoxy) is 1. The van der Waals surface area contributed by atoms with Gasteiger partial charge in [-0.15, -0.1) is 0 Å². The summed E-state index contributed by atoms with van der Waals surface area (Å²) in [5.41, 5.74) is 2.52. The lowest BCUT2D eigenvalue weighted by Gasteiger charge is -2.25. The van der Waals surface area contributed by atoms with Gasteiger partial charge in [0.1, 0.15) is 34.4 Å². The van der Waals surface area contributed by atoms with Crippen molar-refractivity contribution in [2.75, 3.05) is 24.2 Å². The molecule has 1 fully saturated rings. The molecule has 1 heterocycles. The van der Waals surface area contributed by atoms with Gasteiger partial charge in [-0.3, -0.25) is 9.10 Å². The summed E-state index contributed by atoms with van der Waals surface area (Å²) < 4.78 is 52.2. The molecule has 41 heavy (non-hydrogen) atoms. The fourth-order valence-electron chi connectivity index (χ4n) is 4.69. The van der Waals surface area contributed by atoms with Crippen LogP contribution in [0.5, 0.6) is 11.5 Å². The number of hydrogen-bond acceptors (Lipinski definition) is 7. The lowest BCUT2D eigenvalue weighted by Crippen LogP contribution is -2.32. The zero-order valence-corrected chi connectivity index (χ0v) is 23.3. The van der Waals surface area contributed by atoms with E-state index >= 15 is 0 Å². The molecule has 0 radical (unpaired) electrons. The Bertz CT molecular complexity index is 1710. The Morgan fingerprint density at radius 2 is 1.76 bits per heavy atom. The number of carbonyl (C=O) groups excluding carboxylic acids is 1. The highest BCUT2D eigenvalue weighted by atomic mass is 32.2. The Labute approximate surface area is 236 Å². The highest BCUT2D eigenvalue weighted by molar-refractivity contribution is 7.92. The van der Waals surface area contributed by atoms with Crippen LogP contribution in [0.15, 0.2) is 77.4 Å². The number of hydrogen-bond donors (Lipinski definition) is 2. The highest BCUT2D eigenvalue weighted by Crippen LogP contribution is 2.48. The smallest absolute Gasteiger partial charge is 0.255 e. The van der Waals surface area contributed by atoms with Crippen LogP contribution in [-0.2, 0) is 14.9 Å². The second kappa shape index (κ2) is 11.3. The zero-order valence-electron chi connectivity index (χ0n) is 22.5. The molecule has 1 aliphatic carbocycles. The first-order valence-electron chi connectivity index (χ1n) is 12.9. The Hall–Kier alpha value is -4.35. The molecular formula is C30H29FN2O7S. The summed E-state index contributed by atoms with van der Waals surface area (Å²) in [7, 11) is -2.20. The van der Waals surface area contributed by atoms with E-state index in [1.54, 1.807) is 30.3 Å². The van der Waals surface area contributed by atoms with E-state index in [2.05, 4.69) is 16.8 Å². The van der Waals surface area contributed by atoms with Crippen LogP contribution in [0.1, 0.15) is 41.1 Å². The maximum Gasteiger partial charge on any atom is 0.255 e. The summed E-state index contributed by atoms with van der Waals surface area (Å²) in [5.74, 6) is 0.746. The van der Waals surface area contributed by atoms with E-state index in [1.165, 1.54) is 35.6 Å². The number of nitrogens with one attached hydrogen (secondary N) is 1. The standard InChI is InChI=1S/C30H29FN2O7S/c1-18(40-35)14-15-33(41(3,36)37)26-17-27-25(16-24(26)19-4-5-19)28(30(34)32-2)29(39-27)20-6-10-22(11-7-20)38-23-12-8-21(31)9-13-23/h6-13,16-17,19,35H,1,4-5,14-15H2,2-3H3,(H,32,34). The molecule has 214 valence electrons. The molecule has 9 nitrogen and oxygen atoms in total. The predicted octanol–water partition coefficient (Wildman–Crippen LogP) is 6.43. The van der Waals surface area contributed by atoms with E-state index in [-0.39, 0.29) is 36.4 Å². The molecule has 1 amide bonds. The Kier molecular flexibility index (Phi) is 7.74. The fraction of sp³-hybridized carbons (Fsp3) is 0.233. The summed E-state index contributed by atoms with van der Waals surface area (Å²) in [6, 6.07) is 16.0. The average molecular weight is 581 g/mol. The lowest BCUT2D eigenvalue weighted by atomic mass is 10.0. The second-order valence-corrected chi connectivity index (χ2v) is 11.8. The predicted molar refractivity (Wildman–Crippen MR) is 153 cm³/mol. The van der Waals surface area contributed by atoms with Crippen LogP contribution in [-0.4, -0.2) is 39.4 Å². The van der Waals surface area contributed by atoms with Crippen molar-refractivity contribution in [3.8, 4) is 22.8 Å². The van der Waals surface area contributed by atoms with Gasteiger partial charge < -0.3 is 19.4 Å². The number of rotatable bonds is 11. The Morgan fingerprint density at radius 3 is 2.32 bits per heavy atom. The molecule has 11 heteroatoms. The minimum absolute atomic E-state index is 0.00512. The number of benzene rings is 3. The number of carbonyl (C=O) groups is 1. The van der Waals surface area contributed by atoms with Crippen molar-refractivity contribution in [1.82, 2.24) is 5.32 Å². The third-order valence-corrected chi connectivity index (χ3v) is 8.05. The van der Waals surface area contributed by atoms with Crippen LogP contribution in [0.4, 0.5) is 10.1 Å². The molecule has 3 aromatic carbocycles. The van der Waals surface area contributed by atoms with Gasteiger partial charge in [-0.25, -0.2) is 18.1 Å². The summed E-state index contributed by atoms with van der Waals surface area (Å²) in [5, 5.41) is 12.1. The third-order valence-electron chi connectivity index (χ3n) is 6.87. The number of halogens is 1. The molecule has 4 aromatic rings. The third kappa shape index (κ3) is 6.06. The number of amides is 1. The monoisotopic (exact) mass is 580 g/mol. The fourth-order valence-corrected chi connectivity index (χ4v) is 5.63. The van der Waals surface area contributed by atoms with Crippen LogP contribution < -0.4 is 14.4 Å². The van der Waals surface area contributed by atoms with Gasteiger partial charge in [-0.05, 0) is 78.9 Å². The number of fused-ring (bicyclic) bond motifs is 1. The van der Waals surface area contributed by atoms with E-state index < -0.39 is 10.0 Å². The van der Waals surface area contributed by atoms with Gasteiger partial charge in [-0.1, -0.05) is 6.58 Å². The summed E-state index contributed by atoms with van der Waals surface area (Å²) in [6.45, 7) is 3.57. The van der Waals surface area contributed by atoms with E-state index in [0.29, 0.717) is 45.0 Å². The van der Waals surface area contributed by atoms with E-state index in [4.69, 9.17) is 14.4 Å². The molecule has 2 N–H and O–H groups in total. The van der Waals surface area contributed by atoms with Crippen molar-refractivity contribution >= 4 is 32.6 Å². The van der Waals surface area contributed by atoms with Gasteiger partial charge in [0.2, 0.25) is 10.0 Å². The molecule has 0 spiro atoms. The minimum atomic E-state index is -3.73. The van der Waals surface area contributed by atoms with Crippen molar-refractivity contribution in [3.63, 3.8) is 0 Å². The van der Waals surface area contributed by atoms with Gasteiger partial charge in [0.05, 0.1) is 17.5 Å². The first-order valence-corrected chi connectivity index (χ1v) is 14.8. The Morgan fingerprint density at radius 1 is 1.12 bits per heavy atom. The quantitative estimate of drug-likeness (QED) is 0.119. The van der Waals surface area contributed by atoms with Crippen LogP contribution in [0.2, 0.25) is 0 Å². The maximum atomic E-state index is 13.2. The number of anilines is 1. The second-order valence-electron chi connectivity index (χ2n) is 9.86. The molecule has 0 aliphatic heterocycles. The lowest BCUT2D eigenvalue weighted by molar-refractivity contribution is -0.204. The highest BCUT2D eigenvalue weighted by Gasteiger charge is 2.33. The van der Waals surface area contributed by atoms with E-state index in [0.717, 1.165) is 24.7 Å².